The molecular formula is C20H18N2O. The van der Waals surface area contributed by atoms with Crippen molar-refractivity contribution in [2.75, 3.05) is 5.32 Å². The molecule has 3 rings (SSSR count). The van der Waals surface area contributed by atoms with Gasteiger partial charge in [0.2, 0.25) is 0 Å². The molecule has 0 aliphatic heterocycles. The van der Waals surface area contributed by atoms with Gasteiger partial charge in [-0.2, -0.15) is 0 Å². The topological polar surface area (TPSA) is 42.0 Å². The molecule has 23 heavy (non-hydrogen) atoms. The van der Waals surface area contributed by atoms with E-state index >= 15 is 0 Å². The summed E-state index contributed by atoms with van der Waals surface area (Å²) < 4.78 is 0. The third kappa shape index (κ3) is 3.64. The number of benzene rings is 2. The molecule has 0 atom stereocenters. The predicted molar refractivity (Wildman–Crippen MR) is 92.6 cm³/mol. The Hall–Kier alpha value is -2.94. The van der Waals surface area contributed by atoms with Gasteiger partial charge in [0, 0.05) is 11.8 Å². The number of pyridine rings is 1. The van der Waals surface area contributed by atoms with Crippen LogP contribution in [-0.4, -0.2) is 10.9 Å². The first-order valence-electron chi connectivity index (χ1n) is 7.59. The van der Waals surface area contributed by atoms with E-state index in [1.165, 1.54) is 5.56 Å². The van der Waals surface area contributed by atoms with Gasteiger partial charge in [-0.1, -0.05) is 54.6 Å². The molecule has 0 unspecified atom stereocenters. The van der Waals surface area contributed by atoms with E-state index < -0.39 is 0 Å². The lowest BCUT2D eigenvalue weighted by atomic mass is 9.99. The molecule has 0 spiro atoms. The maximum Gasteiger partial charge on any atom is 0.257 e. The fraction of sp³-hybridized carbons (Fsp3) is 0.100. The van der Waals surface area contributed by atoms with Gasteiger partial charge < -0.3 is 5.32 Å². The summed E-state index contributed by atoms with van der Waals surface area (Å²) in [5, 5.41) is 2.90. The smallest absolute Gasteiger partial charge is 0.257 e. The van der Waals surface area contributed by atoms with Crippen LogP contribution in [0, 0.1) is 6.92 Å². The SMILES string of the molecule is Cc1cccnc1NC(=O)c1ccccc1Cc1ccccc1. The molecule has 0 saturated carbocycles. The quantitative estimate of drug-likeness (QED) is 0.783. The van der Waals surface area contributed by atoms with Crippen molar-refractivity contribution in [3.8, 4) is 0 Å². The highest BCUT2D eigenvalue weighted by atomic mass is 16.1. The zero-order chi connectivity index (χ0) is 16.1. The third-order valence-electron chi connectivity index (χ3n) is 3.74. The molecule has 2 aromatic carbocycles. The molecular weight excluding hydrogens is 284 g/mol. The van der Waals surface area contributed by atoms with Crippen molar-refractivity contribution < 1.29 is 4.79 Å². The first-order valence-corrected chi connectivity index (χ1v) is 7.59. The zero-order valence-corrected chi connectivity index (χ0v) is 13.0. The number of amides is 1. The standard InChI is InChI=1S/C20H18N2O/c1-15-8-7-13-21-19(15)22-20(23)18-12-6-5-11-17(18)14-16-9-3-2-4-10-16/h2-13H,14H2,1H3,(H,21,22,23). The largest absolute Gasteiger partial charge is 0.306 e. The van der Waals surface area contributed by atoms with Gasteiger partial charge in [0.1, 0.15) is 5.82 Å². The molecule has 1 amide bonds. The summed E-state index contributed by atoms with van der Waals surface area (Å²) in [6.07, 6.45) is 2.41. The van der Waals surface area contributed by atoms with Crippen molar-refractivity contribution in [2.24, 2.45) is 0 Å². The van der Waals surface area contributed by atoms with Gasteiger partial charge in [-0.05, 0) is 42.2 Å². The maximum atomic E-state index is 12.6. The normalized spacial score (nSPS) is 10.3. The molecule has 0 bridgehead atoms. The average molecular weight is 302 g/mol. The van der Waals surface area contributed by atoms with Crippen LogP contribution >= 0.6 is 0 Å². The Labute approximate surface area is 136 Å². The van der Waals surface area contributed by atoms with E-state index in [2.05, 4.69) is 22.4 Å². The molecule has 3 aromatic rings. The van der Waals surface area contributed by atoms with Crippen molar-refractivity contribution >= 4 is 11.7 Å². The lowest BCUT2D eigenvalue weighted by molar-refractivity contribution is 0.102. The summed E-state index contributed by atoms with van der Waals surface area (Å²) >= 11 is 0. The molecule has 1 N–H and O–H groups in total. The molecule has 0 aliphatic carbocycles. The van der Waals surface area contributed by atoms with Crippen LogP contribution < -0.4 is 5.32 Å². The number of nitrogens with zero attached hydrogens (tertiary/aromatic N) is 1. The zero-order valence-electron chi connectivity index (χ0n) is 13.0. The second-order valence-corrected chi connectivity index (χ2v) is 5.44. The van der Waals surface area contributed by atoms with E-state index in [0.717, 1.165) is 17.5 Å². The predicted octanol–water partition coefficient (Wildman–Crippen LogP) is 4.23. The number of aryl methyl sites for hydroxylation is 1. The van der Waals surface area contributed by atoms with Crippen LogP contribution in [-0.2, 0) is 6.42 Å². The molecule has 114 valence electrons. The first-order chi connectivity index (χ1) is 11.2. The van der Waals surface area contributed by atoms with Gasteiger partial charge in [-0.15, -0.1) is 0 Å². The van der Waals surface area contributed by atoms with Gasteiger partial charge in [0.25, 0.3) is 5.91 Å². The highest BCUT2D eigenvalue weighted by molar-refractivity contribution is 6.05. The molecule has 0 radical (unpaired) electrons. The van der Waals surface area contributed by atoms with Crippen LogP contribution in [0.15, 0.2) is 72.9 Å². The van der Waals surface area contributed by atoms with Crippen LogP contribution in [0.1, 0.15) is 27.0 Å². The second kappa shape index (κ2) is 6.88. The molecule has 0 fully saturated rings. The van der Waals surface area contributed by atoms with Gasteiger partial charge in [0.05, 0.1) is 0 Å². The van der Waals surface area contributed by atoms with Crippen LogP contribution in [0.3, 0.4) is 0 Å². The molecule has 3 heteroatoms. The van der Waals surface area contributed by atoms with Crippen molar-refractivity contribution in [3.05, 3.63) is 95.2 Å². The Balaban J connectivity index is 1.85. The fourth-order valence-electron chi connectivity index (χ4n) is 2.50. The molecule has 1 heterocycles. The molecule has 3 nitrogen and oxygen atoms in total. The van der Waals surface area contributed by atoms with Crippen molar-refractivity contribution in [3.63, 3.8) is 0 Å². The Morgan fingerprint density at radius 2 is 1.70 bits per heavy atom. The summed E-state index contributed by atoms with van der Waals surface area (Å²) in [7, 11) is 0. The lowest BCUT2D eigenvalue weighted by Crippen LogP contribution is -2.16. The van der Waals surface area contributed by atoms with E-state index in [1.807, 2.05) is 61.5 Å². The van der Waals surface area contributed by atoms with Gasteiger partial charge in [-0.3, -0.25) is 4.79 Å². The van der Waals surface area contributed by atoms with Gasteiger partial charge >= 0.3 is 0 Å². The maximum absolute atomic E-state index is 12.6. The fourth-order valence-corrected chi connectivity index (χ4v) is 2.50. The summed E-state index contributed by atoms with van der Waals surface area (Å²) in [4.78, 5) is 16.9. The second-order valence-electron chi connectivity index (χ2n) is 5.44. The van der Waals surface area contributed by atoms with Crippen molar-refractivity contribution in [2.45, 2.75) is 13.3 Å². The van der Waals surface area contributed by atoms with Crippen LogP contribution in [0.4, 0.5) is 5.82 Å². The summed E-state index contributed by atoms with van der Waals surface area (Å²) in [6.45, 7) is 1.93. The number of anilines is 1. The Morgan fingerprint density at radius 1 is 0.957 bits per heavy atom. The number of rotatable bonds is 4. The summed E-state index contributed by atoms with van der Waals surface area (Å²) in [5.74, 6) is 0.477. The number of nitrogens with one attached hydrogen (secondary N) is 1. The van der Waals surface area contributed by atoms with E-state index in [0.29, 0.717) is 11.4 Å². The number of hydrogen-bond donors (Lipinski definition) is 1. The number of hydrogen-bond acceptors (Lipinski definition) is 2. The van der Waals surface area contributed by atoms with E-state index in [1.54, 1.807) is 6.20 Å². The van der Waals surface area contributed by atoms with Crippen molar-refractivity contribution in [1.82, 2.24) is 4.98 Å². The van der Waals surface area contributed by atoms with Crippen LogP contribution in [0.25, 0.3) is 0 Å². The Morgan fingerprint density at radius 3 is 2.48 bits per heavy atom. The van der Waals surface area contributed by atoms with Gasteiger partial charge in [0.15, 0.2) is 0 Å². The molecule has 0 saturated heterocycles. The minimum Gasteiger partial charge on any atom is -0.306 e. The third-order valence-corrected chi connectivity index (χ3v) is 3.74. The first kappa shape index (κ1) is 15.0. The summed E-state index contributed by atoms with van der Waals surface area (Å²) in [6, 6.07) is 21.6. The highest BCUT2D eigenvalue weighted by Gasteiger charge is 2.12. The Bertz CT molecular complexity index is 813. The van der Waals surface area contributed by atoms with E-state index in [-0.39, 0.29) is 5.91 Å². The minimum absolute atomic E-state index is 0.127. The Kier molecular flexibility index (Phi) is 4.48. The summed E-state index contributed by atoms with van der Waals surface area (Å²) in [5.41, 5.74) is 3.81. The number of carbonyl (C=O) groups excluding carboxylic acids is 1. The minimum atomic E-state index is -0.127. The number of aromatic nitrogens is 1. The lowest BCUT2D eigenvalue weighted by Gasteiger charge is -2.11. The van der Waals surface area contributed by atoms with Gasteiger partial charge in [-0.25, -0.2) is 4.98 Å². The number of carbonyl (C=O) groups is 1. The van der Waals surface area contributed by atoms with E-state index in [4.69, 9.17) is 0 Å². The van der Waals surface area contributed by atoms with Crippen LogP contribution in [0.2, 0.25) is 0 Å². The van der Waals surface area contributed by atoms with E-state index in [9.17, 15) is 4.79 Å². The monoisotopic (exact) mass is 302 g/mol. The average Bonchev–Trinajstić information content (AvgIpc) is 2.58. The highest BCUT2D eigenvalue weighted by Crippen LogP contribution is 2.17. The molecule has 1 aromatic heterocycles. The van der Waals surface area contributed by atoms with Crippen LogP contribution in [0.5, 0.6) is 0 Å². The molecule has 0 aliphatic rings. The van der Waals surface area contributed by atoms with Crippen molar-refractivity contribution in [1.29, 1.82) is 0 Å².